The van der Waals surface area contributed by atoms with E-state index in [1.807, 2.05) is 0 Å². The third-order valence-corrected chi connectivity index (χ3v) is 7.30. The third kappa shape index (κ3) is 3.30. The molecule has 112 valence electrons. The molecule has 0 radical (unpaired) electrons. The number of fused-ring (bicyclic) bond motifs is 2. The SMILES string of the molecule is CCC(CC)(CN1C2CCCC1CC(NC)C2)SC. The molecule has 0 aromatic heterocycles. The second-order valence-electron chi connectivity index (χ2n) is 6.46. The Kier molecular flexibility index (Phi) is 5.62. The summed E-state index contributed by atoms with van der Waals surface area (Å²) in [5.74, 6) is 0. The molecule has 0 aromatic carbocycles. The molecule has 0 amide bonds. The summed E-state index contributed by atoms with van der Waals surface area (Å²) >= 11 is 2.10. The first kappa shape index (κ1) is 15.7. The van der Waals surface area contributed by atoms with E-state index in [0.29, 0.717) is 4.75 Å². The molecular formula is C16H32N2S. The molecule has 2 aliphatic heterocycles. The maximum atomic E-state index is 3.53. The highest BCUT2D eigenvalue weighted by atomic mass is 32.2. The zero-order valence-electron chi connectivity index (χ0n) is 13.2. The number of nitrogens with zero attached hydrogens (tertiary/aromatic N) is 1. The van der Waals surface area contributed by atoms with Crippen LogP contribution in [0.3, 0.4) is 0 Å². The fraction of sp³-hybridized carbons (Fsp3) is 1.00. The molecule has 2 bridgehead atoms. The summed E-state index contributed by atoms with van der Waals surface area (Å²) in [7, 11) is 2.14. The van der Waals surface area contributed by atoms with Crippen LogP contribution in [0.5, 0.6) is 0 Å². The standard InChI is InChI=1S/C16H32N2S/c1-5-16(6-2,19-4)12-18-14-8-7-9-15(18)11-13(10-14)17-3/h13-15,17H,5-12H2,1-4H3. The Morgan fingerprint density at radius 3 is 2.16 bits per heavy atom. The first-order valence-corrected chi connectivity index (χ1v) is 9.38. The van der Waals surface area contributed by atoms with Gasteiger partial charge in [-0.3, -0.25) is 4.90 Å². The summed E-state index contributed by atoms with van der Waals surface area (Å²) in [6.45, 7) is 6.05. The molecule has 3 heteroatoms. The molecule has 2 unspecified atom stereocenters. The number of piperidine rings is 2. The van der Waals surface area contributed by atoms with Gasteiger partial charge in [0.2, 0.25) is 0 Å². The van der Waals surface area contributed by atoms with Gasteiger partial charge in [0.1, 0.15) is 0 Å². The summed E-state index contributed by atoms with van der Waals surface area (Å²) in [6, 6.07) is 2.45. The lowest BCUT2D eigenvalue weighted by atomic mass is 9.80. The van der Waals surface area contributed by atoms with Gasteiger partial charge in [-0.1, -0.05) is 20.3 Å². The topological polar surface area (TPSA) is 15.3 Å². The molecule has 1 N–H and O–H groups in total. The number of hydrogen-bond acceptors (Lipinski definition) is 3. The van der Waals surface area contributed by atoms with E-state index in [-0.39, 0.29) is 0 Å². The highest BCUT2D eigenvalue weighted by Crippen LogP contribution is 2.39. The van der Waals surface area contributed by atoms with Crippen LogP contribution in [0.15, 0.2) is 0 Å². The largest absolute Gasteiger partial charge is 0.317 e. The van der Waals surface area contributed by atoms with Gasteiger partial charge in [-0.05, 0) is 51.8 Å². The van der Waals surface area contributed by atoms with Crippen LogP contribution in [-0.2, 0) is 0 Å². The monoisotopic (exact) mass is 284 g/mol. The molecule has 0 aromatic rings. The van der Waals surface area contributed by atoms with Crippen LogP contribution in [0.2, 0.25) is 0 Å². The summed E-state index contributed by atoms with van der Waals surface area (Å²) in [5.41, 5.74) is 0. The first-order valence-electron chi connectivity index (χ1n) is 8.16. The van der Waals surface area contributed by atoms with Crippen LogP contribution in [0.1, 0.15) is 58.8 Å². The van der Waals surface area contributed by atoms with Crippen molar-refractivity contribution in [3.8, 4) is 0 Å². The highest BCUT2D eigenvalue weighted by molar-refractivity contribution is 8.00. The lowest BCUT2D eigenvalue weighted by Gasteiger charge is -2.52. The highest BCUT2D eigenvalue weighted by Gasteiger charge is 2.41. The van der Waals surface area contributed by atoms with Crippen LogP contribution in [0.4, 0.5) is 0 Å². The maximum absolute atomic E-state index is 3.53. The first-order chi connectivity index (χ1) is 9.18. The lowest BCUT2D eigenvalue weighted by Crippen LogP contribution is -2.59. The van der Waals surface area contributed by atoms with Crippen molar-refractivity contribution < 1.29 is 0 Å². The van der Waals surface area contributed by atoms with Crippen molar-refractivity contribution in [2.24, 2.45) is 0 Å². The van der Waals surface area contributed by atoms with E-state index in [2.05, 4.69) is 49.1 Å². The molecule has 0 aliphatic carbocycles. The molecule has 2 nitrogen and oxygen atoms in total. The van der Waals surface area contributed by atoms with E-state index in [4.69, 9.17) is 0 Å². The molecule has 2 fully saturated rings. The maximum Gasteiger partial charge on any atom is 0.0279 e. The van der Waals surface area contributed by atoms with Crippen LogP contribution < -0.4 is 5.32 Å². The van der Waals surface area contributed by atoms with Crippen molar-refractivity contribution >= 4 is 11.8 Å². The zero-order chi connectivity index (χ0) is 13.9. The molecule has 0 spiro atoms. The van der Waals surface area contributed by atoms with Crippen molar-refractivity contribution in [2.75, 3.05) is 19.8 Å². The molecule has 2 saturated heterocycles. The minimum Gasteiger partial charge on any atom is -0.317 e. The van der Waals surface area contributed by atoms with E-state index in [0.717, 1.165) is 18.1 Å². The Hall–Kier alpha value is 0.270. The Morgan fingerprint density at radius 1 is 1.16 bits per heavy atom. The van der Waals surface area contributed by atoms with Gasteiger partial charge in [0.05, 0.1) is 0 Å². The number of thioether (sulfide) groups is 1. The molecular weight excluding hydrogens is 252 g/mol. The summed E-state index contributed by atoms with van der Waals surface area (Å²) < 4.78 is 0.486. The van der Waals surface area contributed by atoms with Gasteiger partial charge in [0.15, 0.2) is 0 Å². The number of nitrogens with one attached hydrogen (secondary N) is 1. The lowest BCUT2D eigenvalue weighted by molar-refractivity contribution is 0.0172. The Balaban J connectivity index is 2.07. The van der Waals surface area contributed by atoms with Crippen LogP contribution in [-0.4, -0.2) is 47.6 Å². The average Bonchev–Trinajstić information content (AvgIpc) is 2.44. The molecule has 19 heavy (non-hydrogen) atoms. The van der Waals surface area contributed by atoms with E-state index in [1.165, 1.54) is 51.5 Å². The van der Waals surface area contributed by atoms with Gasteiger partial charge in [0.25, 0.3) is 0 Å². The summed E-state index contributed by atoms with van der Waals surface area (Å²) in [6.07, 6.45) is 11.9. The van der Waals surface area contributed by atoms with Gasteiger partial charge in [0, 0.05) is 29.4 Å². The molecule has 2 aliphatic rings. The summed E-state index contributed by atoms with van der Waals surface area (Å²) in [5, 5.41) is 3.53. The van der Waals surface area contributed by atoms with Crippen molar-refractivity contribution in [3.63, 3.8) is 0 Å². The van der Waals surface area contributed by atoms with Crippen LogP contribution in [0, 0.1) is 0 Å². The number of hydrogen-bond donors (Lipinski definition) is 1. The molecule has 2 atom stereocenters. The fourth-order valence-corrected chi connectivity index (χ4v) is 4.99. The van der Waals surface area contributed by atoms with E-state index in [9.17, 15) is 0 Å². The van der Waals surface area contributed by atoms with Gasteiger partial charge in [-0.25, -0.2) is 0 Å². The minimum atomic E-state index is 0.486. The average molecular weight is 285 g/mol. The van der Waals surface area contributed by atoms with Crippen molar-refractivity contribution in [1.29, 1.82) is 0 Å². The van der Waals surface area contributed by atoms with Gasteiger partial charge < -0.3 is 5.32 Å². The fourth-order valence-electron chi connectivity index (χ4n) is 4.13. The van der Waals surface area contributed by atoms with Crippen molar-refractivity contribution in [2.45, 2.75) is 81.7 Å². The van der Waals surface area contributed by atoms with Gasteiger partial charge >= 0.3 is 0 Å². The second kappa shape index (κ2) is 6.82. The quantitative estimate of drug-likeness (QED) is 0.803. The van der Waals surface area contributed by atoms with Crippen LogP contribution in [0.25, 0.3) is 0 Å². The van der Waals surface area contributed by atoms with E-state index >= 15 is 0 Å². The van der Waals surface area contributed by atoms with Crippen LogP contribution >= 0.6 is 11.8 Å². The second-order valence-corrected chi connectivity index (χ2v) is 7.74. The Morgan fingerprint density at radius 2 is 1.74 bits per heavy atom. The summed E-state index contributed by atoms with van der Waals surface area (Å²) in [4.78, 5) is 2.89. The smallest absolute Gasteiger partial charge is 0.0279 e. The zero-order valence-corrected chi connectivity index (χ0v) is 14.1. The predicted octanol–water partition coefficient (Wildman–Crippen LogP) is 3.51. The number of rotatable bonds is 6. The Bertz CT molecular complexity index is 256. The third-order valence-electron chi connectivity index (χ3n) is 5.73. The van der Waals surface area contributed by atoms with Crippen molar-refractivity contribution in [1.82, 2.24) is 10.2 Å². The Labute approximate surface area is 124 Å². The minimum absolute atomic E-state index is 0.486. The predicted molar refractivity (Wildman–Crippen MR) is 87.0 cm³/mol. The molecule has 2 heterocycles. The van der Waals surface area contributed by atoms with Gasteiger partial charge in [-0.2, -0.15) is 11.8 Å². The van der Waals surface area contributed by atoms with E-state index in [1.54, 1.807) is 0 Å². The molecule has 0 saturated carbocycles. The van der Waals surface area contributed by atoms with Gasteiger partial charge in [-0.15, -0.1) is 0 Å². The van der Waals surface area contributed by atoms with E-state index < -0.39 is 0 Å². The van der Waals surface area contributed by atoms with Crippen molar-refractivity contribution in [3.05, 3.63) is 0 Å². The molecule has 2 rings (SSSR count). The normalized spacial score (nSPS) is 32.5.